The Hall–Kier alpha value is -1.69. The minimum atomic E-state index is -0.00371. The normalized spacial score (nSPS) is 23.8. The number of morpholine rings is 1. The molecule has 24 heavy (non-hydrogen) atoms. The van der Waals surface area contributed by atoms with Gasteiger partial charge < -0.3 is 10.1 Å². The maximum Gasteiger partial charge on any atom is 0.262 e. The van der Waals surface area contributed by atoms with Crippen molar-refractivity contribution in [3.05, 3.63) is 46.7 Å². The highest BCUT2D eigenvalue weighted by atomic mass is 32.1. The number of hydrogen-bond donors (Lipinski definition) is 1. The Morgan fingerprint density at radius 1 is 1.29 bits per heavy atom. The number of benzene rings is 1. The number of thiophene rings is 1. The van der Waals surface area contributed by atoms with Crippen molar-refractivity contribution in [1.29, 1.82) is 0 Å². The quantitative estimate of drug-likeness (QED) is 0.929. The summed E-state index contributed by atoms with van der Waals surface area (Å²) in [7, 11) is 0. The standard InChI is InChI=1S/C19H22N2O2S/c22-19(18-17(8-10-24-18)14-5-2-1-3-6-14)20-11-16-12-21-9-4-7-15(21)13-23-16/h1-3,5-6,8,10,15-16H,4,7,9,11-13H2,(H,20,22)/t15-,16-/m0/s1. The van der Waals surface area contributed by atoms with E-state index < -0.39 is 0 Å². The lowest BCUT2D eigenvalue weighted by atomic mass is 10.1. The van der Waals surface area contributed by atoms with Gasteiger partial charge in [0.25, 0.3) is 5.91 Å². The van der Waals surface area contributed by atoms with Gasteiger partial charge in [-0.15, -0.1) is 11.3 Å². The number of ether oxygens (including phenoxy) is 1. The lowest BCUT2D eigenvalue weighted by Gasteiger charge is -2.35. The highest BCUT2D eigenvalue weighted by molar-refractivity contribution is 7.12. The first-order chi connectivity index (χ1) is 11.8. The first kappa shape index (κ1) is 15.8. The van der Waals surface area contributed by atoms with Crippen LogP contribution in [0.1, 0.15) is 22.5 Å². The Bertz CT molecular complexity index is 700. The molecule has 2 aliphatic heterocycles. The van der Waals surface area contributed by atoms with Crippen molar-refractivity contribution in [1.82, 2.24) is 10.2 Å². The summed E-state index contributed by atoms with van der Waals surface area (Å²) < 4.78 is 5.92. The first-order valence-corrected chi connectivity index (χ1v) is 9.46. The summed E-state index contributed by atoms with van der Waals surface area (Å²) in [5, 5.41) is 5.04. The Morgan fingerprint density at radius 2 is 2.17 bits per heavy atom. The second-order valence-electron chi connectivity index (χ2n) is 6.49. The van der Waals surface area contributed by atoms with Crippen molar-refractivity contribution < 1.29 is 9.53 Å². The SMILES string of the molecule is O=C(NC[C@H]1CN2CCC[C@H]2CO1)c1sccc1-c1ccccc1. The number of carbonyl (C=O) groups excluding carboxylic acids is 1. The summed E-state index contributed by atoms with van der Waals surface area (Å²) in [4.78, 5) is 15.9. The molecule has 0 bridgehead atoms. The van der Waals surface area contributed by atoms with E-state index in [9.17, 15) is 4.79 Å². The molecule has 2 aliphatic rings. The van der Waals surface area contributed by atoms with Gasteiger partial charge in [0.15, 0.2) is 0 Å². The fourth-order valence-electron chi connectivity index (χ4n) is 3.63. The van der Waals surface area contributed by atoms with Crippen LogP contribution in [0.4, 0.5) is 0 Å². The molecule has 4 rings (SSSR count). The van der Waals surface area contributed by atoms with Crippen LogP contribution in [0, 0.1) is 0 Å². The predicted octanol–water partition coefficient (Wildman–Crippen LogP) is 3.01. The fraction of sp³-hybridized carbons (Fsp3) is 0.421. The molecular formula is C19H22N2O2S. The van der Waals surface area contributed by atoms with E-state index in [2.05, 4.69) is 10.2 Å². The molecule has 0 spiro atoms. The molecular weight excluding hydrogens is 320 g/mol. The summed E-state index contributed by atoms with van der Waals surface area (Å²) in [5.41, 5.74) is 2.08. The maximum absolute atomic E-state index is 12.6. The topological polar surface area (TPSA) is 41.6 Å². The number of rotatable bonds is 4. The van der Waals surface area contributed by atoms with Crippen LogP contribution in [0.3, 0.4) is 0 Å². The van der Waals surface area contributed by atoms with Crippen LogP contribution in [0.15, 0.2) is 41.8 Å². The van der Waals surface area contributed by atoms with Gasteiger partial charge in [-0.25, -0.2) is 0 Å². The van der Waals surface area contributed by atoms with E-state index in [0.29, 0.717) is 12.6 Å². The molecule has 1 aromatic carbocycles. The van der Waals surface area contributed by atoms with Crippen LogP contribution >= 0.6 is 11.3 Å². The Morgan fingerprint density at radius 3 is 3.04 bits per heavy atom. The number of hydrogen-bond acceptors (Lipinski definition) is 4. The monoisotopic (exact) mass is 342 g/mol. The van der Waals surface area contributed by atoms with E-state index in [1.807, 2.05) is 41.8 Å². The van der Waals surface area contributed by atoms with E-state index in [0.717, 1.165) is 29.2 Å². The number of nitrogens with zero attached hydrogens (tertiary/aromatic N) is 1. The third kappa shape index (κ3) is 3.24. The molecule has 1 aromatic heterocycles. The van der Waals surface area contributed by atoms with Gasteiger partial charge in [0, 0.05) is 24.7 Å². The number of fused-ring (bicyclic) bond motifs is 1. The lowest BCUT2D eigenvalue weighted by Crippen LogP contribution is -2.50. The molecule has 4 nitrogen and oxygen atoms in total. The molecule has 5 heteroatoms. The van der Waals surface area contributed by atoms with E-state index in [1.54, 1.807) is 0 Å². The van der Waals surface area contributed by atoms with E-state index in [1.165, 1.54) is 30.7 Å². The van der Waals surface area contributed by atoms with Crippen molar-refractivity contribution in [2.75, 3.05) is 26.2 Å². The Labute approximate surface area is 146 Å². The van der Waals surface area contributed by atoms with Crippen LogP contribution in [0.25, 0.3) is 11.1 Å². The molecule has 1 amide bonds. The molecule has 0 unspecified atom stereocenters. The van der Waals surface area contributed by atoms with Crippen LogP contribution in [0.5, 0.6) is 0 Å². The van der Waals surface area contributed by atoms with E-state index in [4.69, 9.17) is 4.74 Å². The molecule has 0 saturated carbocycles. The van der Waals surface area contributed by atoms with Gasteiger partial charge in [-0.05, 0) is 36.4 Å². The second kappa shape index (κ2) is 7.05. The molecule has 1 N–H and O–H groups in total. The second-order valence-corrected chi connectivity index (χ2v) is 7.40. The summed E-state index contributed by atoms with van der Waals surface area (Å²) >= 11 is 1.49. The van der Waals surface area contributed by atoms with Crippen molar-refractivity contribution >= 4 is 17.2 Å². The smallest absolute Gasteiger partial charge is 0.262 e. The molecule has 2 saturated heterocycles. The lowest BCUT2D eigenvalue weighted by molar-refractivity contribution is -0.0461. The first-order valence-electron chi connectivity index (χ1n) is 8.58. The average Bonchev–Trinajstić information content (AvgIpc) is 3.29. The van der Waals surface area contributed by atoms with Gasteiger partial charge in [0.1, 0.15) is 0 Å². The molecule has 0 aliphatic carbocycles. The summed E-state index contributed by atoms with van der Waals surface area (Å²) in [5.74, 6) is -0.00371. The number of nitrogens with one attached hydrogen (secondary N) is 1. The zero-order valence-corrected chi connectivity index (χ0v) is 14.4. The number of amides is 1. The zero-order valence-electron chi connectivity index (χ0n) is 13.6. The predicted molar refractivity (Wildman–Crippen MR) is 96.4 cm³/mol. The van der Waals surface area contributed by atoms with Crippen molar-refractivity contribution in [3.63, 3.8) is 0 Å². The molecule has 3 heterocycles. The molecule has 2 aromatic rings. The third-order valence-corrected chi connectivity index (χ3v) is 5.82. The molecule has 0 radical (unpaired) electrons. The van der Waals surface area contributed by atoms with Crippen LogP contribution in [-0.2, 0) is 4.74 Å². The van der Waals surface area contributed by atoms with Gasteiger partial charge in [-0.1, -0.05) is 30.3 Å². The zero-order chi connectivity index (χ0) is 16.4. The van der Waals surface area contributed by atoms with Crippen molar-refractivity contribution in [2.45, 2.75) is 25.0 Å². The van der Waals surface area contributed by atoms with Crippen LogP contribution in [-0.4, -0.2) is 49.2 Å². The maximum atomic E-state index is 12.6. The molecule has 126 valence electrons. The summed E-state index contributed by atoms with van der Waals surface area (Å²) in [6.07, 6.45) is 2.61. The van der Waals surface area contributed by atoms with E-state index in [-0.39, 0.29) is 12.0 Å². The number of carbonyl (C=O) groups is 1. The average molecular weight is 342 g/mol. The van der Waals surface area contributed by atoms with Crippen molar-refractivity contribution in [3.8, 4) is 11.1 Å². The largest absolute Gasteiger partial charge is 0.373 e. The summed E-state index contributed by atoms with van der Waals surface area (Å²) in [6, 6.07) is 12.7. The summed E-state index contributed by atoms with van der Waals surface area (Å²) in [6.45, 7) is 3.48. The van der Waals surface area contributed by atoms with Gasteiger partial charge in [0.2, 0.25) is 0 Å². The fourth-order valence-corrected chi connectivity index (χ4v) is 4.46. The van der Waals surface area contributed by atoms with Gasteiger partial charge in [-0.3, -0.25) is 9.69 Å². The Kier molecular flexibility index (Phi) is 4.65. The molecule has 2 atom stereocenters. The van der Waals surface area contributed by atoms with E-state index >= 15 is 0 Å². The van der Waals surface area contributed by atoms with Crippen molar-refractivity contribution in [2.24, 2.45) is 0 Å². The van der Waals surface area contributed by atoms with Crippen LogP contribution < -0.4 is 5.32 Å². The van der Waals surface area contributed by atoms with Gasteiger partial charge in [0.05, 0.1) is 17.6 Å². The van der Waals surface area contributed by atoms with Gasteiger partial charge >= 0.3 is 0 Å². The Balaban J connectivity index is 1.38. The molecule has 2 fully saturated rings. The minimum Gasteiger partial charge on any atom is -0.373 e. The third-order valence-electron chi connectivity index (χ3n) is 4.91. The highest BCUT2D eigenvalue weighted by Gasteiger charge is 2.32. The van der Waals surface area contributed by atoms with Gasteiger partial charge in [-0.2, -0.15) is 0 Å². The highest BCUT2D eigenvalue weighted by Crippen LogP contribution is 2.28. The van der Waals surface area contributed by atoms with Crippen LogP contribution in [0.2, 0.25) is 0 Å². The minimum absolute atomic E-state index is 0.00371.